The van der Waals surface area contributed by atoms with Crippen molar-refractivity contribution in [2.24, 2.45) is 5.41 Å². The molecule has 0 fully saturated rings. The highest BCUT2D eigenvalue weighted by Crippen LogP contribution is 2.46. The van der Waals surface area contributed by atoms with Gasteiger partial charge < -0.3 is 0 Å². The molecule has 0 aromatic heterocycles. The molecule has 3 aromatic carbocycles. The molecule has 0 nitrogen and oxygen atoms in total. The molecule has 0 N–H and O–H groups in total. The van der Waals surface area contributed by atoms with Crippen LogP contribution in [-0.4, -0.2) is 0 Å². The van der Waals surface area contributed by atoms with Crippen LogP contribution in [0.25, 0.3) is 0 Å². The fraction of sp³-hybridized carbons (Fsp3) is 0.438. The number of hydrogen-bond donors (Lipinski definition) is 0. The maximum atomic E-state index is 2.34. The van der Waals surface area contributed by atoms with Gasteiger partial charge in [-0.05, 0) is 58.1 Å². The minimum absolute atomic E-state index is 0.257. The van der Waals surface area contributed by atoms with E-state index >= 15 is 0 Å². The van der Waals surface area contributed by atoms with Gasteiger partial charge in [0.05, 0.1) is 0 Å². The van der Waals surface area contributed by atoms with Crippen LogP contribution in [0.4, 0.5) is 0 Å². The molecular weight excluding hydrogens is 384 g/mol. The van der Waals surface area contributed by atoms with E-state index in [-0.39, 0.29) is 5.41 Å². The SMILES string of the molecule is CC.CC.CC(C)(C)C1c2ccccc2Cc2ccccc21.CCc1ccccc1CC. The number of rotatable bonds is 2. The van der Waals surface area contributed by atoms with Gasteiger partial charge in [-0.2, -0.15) is 0 Å². The van der Waals surface area contributed by atoms with E-state index in [0.29, 0.717) is 5.92 Å². The summed E-state index contributed by atoms with van der Waals surface area (Å²) in [5.41, 5.74) is 9.27. The Morgan fingerprint density at radius 2 is 0.938 bits per heavy atom. The standard InChI is InChI=1S/C18H20.C10H14.2C2H6/c1-18(2,3)17-15-10-6-4-8-13(15)12-14-9-5-7-11-16(14)17;1-3-9-7-5-6-8-10(9)4-2;2*1-2/h4-11,17H,12H2,1-3H3;5-8H,3-4H2,1-2H3;2*1-2H3. The molecule has 0 aliphatic heterocycles. The molecule has 174 valence electrons. The van der Waals surface area contributed by atoms with Gasteiger partial charge in [0.15, 0.2) is 0 Å². The van der Waals surface area contributed by atoms with Crippen molar-refractivity contribution >= 4 is 0 Å². The van der Waals surface area contributed by atoms with E-state index < -0.39 is 0 Å². The van der Waals surface area contributed by atoms with E-state index in [1.165, 1.54) is 33.4 Å². The van der Waals surface area contributed by atoms with Crippen LogP contribution < -0.4 is 0 Å². The van der Waals surface area contributed by atoms with Crippen LogP contribution in [0.3, 0.4) is 0 Å². The average Bonchev–Trinajstić information content (AvgIpc) is 2.84. The van der Waals surface area contributed by atoms with Crippen LogP contribution >= 0.6 is 0 Å². The molecule has 0 bridgehead atoms. The van der Waals surface area contributed by atoms with Crippen molar-refractivity contribution in [1.82, 2.24) is 0 Å². The number of aryl methyl sites for hydroxylation is 2. The normalized spacial score (nSPS) is 11.9. The van der Waals surface area contributed by atoms with Crippen molar-refractivity contribution in [1.29, 1.82) is 0 Å². The minimum atomic E-state index is 0.257. The quantitative estimate of drug-likeness (QED) is 0.379. The zero-order valence-corrected chi connectivity index (χ0v) is 22.1. The van der Waals surface area contributed by atoms with Crippen molar-refractivity contribution < 1.29 is 0 Å². The van der Waals surface area contributed by atoms with Crippen LogP contribution in [0.1, 0.15) is 102 Å². The fourth-order valence-corrected chi connectivity index (χ4v) is 4.51. The van der Waals surface area contributed by atoms with Crippen molar-refractivity contribution in [2.75, 3.05) is 0 Å². The van der Waals surface area contributed by atoms with Crippen LogP contribution in [0, 0.1) is 5.41 Å². The Bertz CT molecular complexity index is 843. The molecule has 0 unspecified atom stereocenters. The van der Waals surface area contributed by atoms with Gasteiger partial charge in [0.25, 0.3) is 0 Å². The number of fused-ring (bicyclic) bond motifs is 2. The van der Waals surface area contributed by atoms with Crippen LogP contribution in [-0.2, 0) is 19.3 Å². The summed E-state index contributed by atoms with van der Waals surface area (Å²) in [4.78, 5) is 0. The molecule has 0 saturated carbocycles. The van der Waals surface area contributed by atoms with Gasteiger partial charge >= 0.3 is 0 Å². The molecule has 0 radical (unpaired) electrons. The highest BCUT2D eigenvalue weighted by Gasteiger charge is 2.33. The smallest absolute Gasteiger partial charge is 0.0144 e. The average molecular weight is 431 g/mol. The lowest BCUT2D eigenvalue weighted by atomic mass is 9.67. The molecule has 0 spiro atoms. The third-order valence-electron chi connectivity index (χ3n) is 5.86. The molecular formula is C32H46. The first-order valence-electron chi connectivity index (χ1n) is 12.7. The summed E-state index contributed by atoms with van der Waals surface area (Å²) in [6.07, 6.45) is 3.40. The van der Waals surface area contributed by atoms with E-state index in [4.69, 9.17) is 0 Å². The van der Waals surface area contributed by atoms with Gasteiger partial charge in [-0.1, -0.05) is 135 Å². The van der Waals surface area contributed by atoms with Crippen molar-refractivity contribution in [3.63, 3.8) is 0 Å². The van der Waals surface area contributed by atoms with Crippen molar-refractivity contribution in [3.05, 3.63) is 106 Å². The van der Waals surface area contributed by atoms with E-state index in [1.807, 2.05) is 27.7 Å². The summed E-state index contributed by atoms with van der Waals surface area (Å²) in [7, 11) is 0. The molecule has 3 aromatic rings. The van der Waals surface area contributed by atoms with Gasteiger partial charge in [0, 0.05) is 5.92 Å². The lowest BCUT2D eigenvalue weighted by Gasteiger charge is -2.37. The molecule has 32 heavy (non-hydrogen) atoms. The molecule has 4 rings (SSSR count). The molecule has 1 aliphatic carbocycles. The summed E-state index contributed by atoms with van der Waals surface area (Å²) in [5, 5.41) is 0. The molecule has 0 saturated heterocycles. The largest absolute Gasteiger partial charge is 0.0683 e. The Balaban J connectivity index is 0.000000312. The molecule has 1 aliphatic rings. The van der Waals surface area contributed by atoms with E-state index in [1.54, 1.807) is 0 Å². The zero-order chi connectivity index (χ0) is 24.1. The highest BCUT2D eigenvalue weighted by molar-refractivity contribution is 5.50. The second kappa shape index (κ2) is 13.9. The lowest BCUT2D eigenvalue weighted by molar-refractivity contribution is 0.353. The maximum absolute atomic E-state index is 2.34. The third-order valence-corrected chi connectivity index (χ3v) is 5.86. The number of hydrogen-bond acceptors (Lipinski definition) is 0. The first kappa shape index (κ1) is 27.7. The topological polar surface area (TPSA) is 0 Å². The Labute approximate surface area is 199 Å². The fourth-order valence-electron chi connectivity index (χ4n) is 4.51. The Hall–Kier alpha value is -2.34. The monoisotopic (exact) mass is 430 g/mol. The first-order valence-corrected chi connectivity index (χ1v) is 12.7. The second-order valence-corrected chi connectivity index (χ2v) is 8.85. The summed E-state index contributed by atoms with van der Waals surface area (Å²) < 4.78 is 0. The van der Waals surface area contributed by atoms with Crippen LogP contribution in [0.2, 0.25) is 0 Å². The molecule has 0 heterocycles. The highest BCUT2D eigenvalue weighted by atomic mass is 14.4. The predicted octanol–water partition coefficient (Wildman–Crippen LogP) is 9.63. The lowest BCUT2D eigenvalue weighted by Crippen LogP contribution is -2.25. The Kier molecular flexibility index (Phi) is 12.1. The van der Waals surface area contributed by atoms with Crippen molar-refractivity contribution in [2.45, 2.75) is 87.5 Å². The van der Waals surface area contributed by atoms with Gasteiger partial charge in [0.1, 0.15) is 0 Å². The zero-order valence-electron chi connectivity index (χ0n) is 22.1. The molecule has 0 heteroatoms. The predicted molar refractivity (Wildman–Crippen MR) is 145 cm³/mol. The van der Waals surface area contributed by atoms with Gasteiger partial charge in [-0.3, -0.25) is 0 Å². The van der Waals surface area contributed by atoms with E-state index in [2.05, 4.69) is 107 Å². The van der Waals surface area contributed by atoms with Gasteiger partial charge in [0.2, 0.25) is 0 Å². The second-order valence-electron chi connectivity index (χ2n) is 8.85. The van der Waals surface area contributed by atoms with Crippen LogP contribution in [0.15, 0.2) is 72.8 Å². The minimum Gasteiger partial charge on any atom is -0.0683 e. The summed E-state index contributed by atoms with van der Waals surface area (Å²) in [6.45, 7) is 19.4. The van der Waals surface area contributed by atoms with Gasteiger partial charge in [-0.25, -0.2) is 0 Å². The third kappa shape index (κ3) is 7.09. The maximum Gasteiger partial charge on any atom is 0.0144 e. The van der Waals surface area contributed by atoms with E-state index in [9.17, 15) is 0 Å². The molecule has 0 amide bonds. The van der Waals surface area contributed by atoms with Crippen molar-refractivity contribution in [3.8, 4) is 0 Å². The van der Waals surface area contributed by atoms with Crippen LogP contribution in [0.5, 0.6) is 0 Å². The van der Waals surface area contributed by atoms with E-state index in [0.717, 1.165) is 19.3 Å². The van der Waals surface area contributed by atoms with Gasteiger partial charge in [-0.15, -0.1) is 0 Å². The summed E-state index contributed by atoms with van der Waals surface area (Å²) in [6, 6.07) is 26.5. The Morgan fingerprint density at radius 1 is 0.594 bits per heavy atom. The first-order chi connectivity index (χ1) is 15.5. The molecule has 0 atom stereocenters. The Morgan fingerprint density at radius 3 is 1.28 bits per heavy atom. The number of benzene rings is 3. The summed E-state index contributed by atoms with van der Waals surface area (Å²) in [5.74, 6) is 0.513. The summed E-state index contributed by atoms with van der Waals surface area (Å²) >= 11 is 0.